The van der Waals surface area contributed by atoms with Gasteiger partial charge in [-0.25, -0.2) is 0 Å². The summed E-state index contributed by atoms with van der Waals surface area (Å²) in [5.41, 5.74) is 6.49. The minimum absolute atomic E-state index is 0.0157. The first-order chi connectivity index (χ1) is 18.7. The highest BCUT2D eigenvalue weighted by Gasteiger charge is 2.17. The van der Waals surface area contributed by atoms with Gasteiger partial charge in [-0.05, 0) is 59.0 Å². The largest absolute Gasteiger partial charge is 0.491 e. The predicted octanol–water partition coefficient (Wildman–Crippen LogP) is 5.46. The molecule has 3 aromatic carbocycles. The number of ether oxygens (including phenoxy) is 3. The van der Waals surface area contributed by atoms with E-state index in [9.17, 15) is 4.79 Å². The number of para-hydroxylation sites is 1. The maximum Gasteiger partial charge on any atom is 0.260 e. The average Bonchev–Trinajstić information content (AvgIpc) is 2.94. The van der Waals surface area contributed by atoms with Gasteiger partial charge in [0.15, 0.2) is 6.61 Å². The summed E-state index contributed by atoms with van der Waals surface area (Å²) in [5.74, 6) is 1.51. The van der Waals surface area contributed by atoms with E-state index in [4.69, 9.17) is 14.2 Å². The third-order valence-corrected chi connectivity index (χ3v) is 6.60. The Labute approximate surface area is 223 Å². The predicted molar refractivity (Wildman–Crippen MR) is 147 cm³/mol. The molecule has 1 amide bonds. The zero-order valence-corrected chi connectivity index (χ0v) is 21.6. The molecule has 0 atom stereocenters. The van der Waals surface area contributed by atoms with E-state index in [0.29, 0.717) is 39.3 Å². The molecule has 0 fully saturated rings. The molecule has 1 aliphatic heterocycles. The molecule has 1 aliphatic rings. The Bertz CT molecular complexity index is 1370. The number of aromatic nitrogens is 1. The first kappa shape index (κ1) is 25.5. The van der Waals surface area contributed by atoms with Crippen molar-refractivity contribution in [3.8, 4) is 22.6 Å². The number of hydrogen-bond donors (Lipinski definition) is 0. The van der Waals surface area contributed by atoms with Crippen LogP contribution in [-0.2, 0) is 22.5 Å². The number of hydrogen-bond acceptors (Lipinski definition) is 5. The van der Waals surface area contributed by atoms with Gasteiger partial charge in [0.1, 0.15) is 18.1 Å². The highest BCUT2D eigenvalue weighted by atomic mass is 16.5. The summed E-state index contributed by atoms with van der Waals surface area (Å²) in [6, 6.07) is 26.4. The molecule has 5 rings (SSSR count). The van der Waals surface area contributed by atoms with Gasteiger partial charge in [0.05, 0.1) is 13.2 Å². The van der Waals surface area contributed by atoms with Crippen LogP contribution >= 0.6 is 0 Å². The van der Waals surface area contributed by atoms with Gasteiger partial charge < -0.3 is 19.1 Å². The molecule has 0 unspecified atom stereocenters. The van der Waals surface area contributed by atoms with E-state index >= 15 is 0 Å². The average molecular weight is 509 g/mol. The number of amides is 1. The van der Waals surface area contributed by atoms with Crippen LogP contribution in [0.15, 0.2) is 91.3 Å². The Balaban J connectivity index is 1.36. The van der Waals surface area contributed by atoms with Crippen LogP contribution in [0, 0.1) is 6.92 Å². The van der Waals surface area contributed by atoms with Crippen LogP contribution in [0.2, 0.25) is 0 Å². The fraction of sp³-hybridized carbons (Fsp3) is 0.250. The summed E-state index contributed by atoms with van der Waals surface area (Å²) in [6.07, 6.45) is 4.36. The van der Waals surface area contributed by atoms with Gasteiger partial charge in [-0.2, -0.15) is 0 Å². The molecule has 38 heavy (non-hydrogen) atoms. The summed E-state index contributed by atoms with van der Waals surface area (Å²) in [7, 11) is 0. The fourth-order valence-corrected chi connectivity index (χ4v) is 4.58. The molecule has 0 aliphatic carbocycles. The summed E-state index contributed by atoms with van der Waals surface area (Å²) >= 11 is 0. The standard InChI is InChI=1S/C32H32N2O4/c1-24-6-2-3-10-30(24)38-23-32(35)34-14-15-36-16-17-37-31-12-11-27(28-9-5-13-33-21-28)20-29(31)19-25-7-4-8-26(18-25)22-34/h2-13,18,20-21H,14-17,19,22-23H2,1H3. The van der Waals surface area contributed by atoms with Crippen LogP contribution in [0.3, 0.4) is 0 Å². The zero-order chi connectivity index (χ0) is 26.2. The molecule has 0 spiro atoms. The summed E-state index contributed by atoms with van der Waals surface area (Å²) < 4.78 is 17.8. The Morgan fingerprint density at radius 1 is 0.921 bits per heavy atom. The van der Waals surface area contributed by atoms with Crippen LogP contribution in [0.1, 0.15) is 22.3 Å². The van der Waals surface area contributed by atoms with Crippen LogP contribution in [-0.4, -0.2) is 48.8 Å². The second-order valence-corrected chi connectivity index (χ2v) is 9.39. The first-order valence-electron chi connectivity index (χ1n) is 12.9. The van der Waals surface area contributed by atoms with Crippen molar-refractivity contribution in [2.75, 3.05) is 33.0 Å². The Kier molecular flexibility index (Phi) is 8.31. The number of nitrogens with zero attached hydrogens (tertiary/aromatic N) is 2. The van der Waals surface area contributed by atoms with Gasteiger partial charge in [-0.15, -0.1) is 0 Å². The van der Waals surface area contributed by atoms with E-state index in [1.807, 2.05) is 55.6 Å². The molecule has 6 nitrogen and oxygen atoms in total. The van der Waals surface area contributed by atoms with Crippen molar-refractivity contribution >= 4 is 5.91 Å². The van der Waals surface area contributed by atoms with Gasteiger partial charge in [-0.1, -0.05) is 54.6 Å². The second kappa shape index (κ2) is 12.4. The highest BCUT2D eigenvalue weighted by molar-refractivity contribution is 5.77. The molecule has 2 heterocycles. The topological polar surface area (TPSA) is 60.9 Å². The maximum absolute atomic E-state index is 13.2. The normalized spacial score (nSPS) is 14.1. The van der Waals surface area contributed by atoms with Crippen molar-refractivity contribution < 1.29 is 19.0 Å². The Hall–Kier alpha value is -4.16. The smallest absolute Gasteiger partial charge is 0.260 e. The molecule has 6 heteroatoms. The molecule has 194 valence electrons. The number of carbonyl (C=O) groups is 1. The lowest BCUT2D eigenvalue weighted by Crippen LogP contribution is -2.37. The van der Waals surface area contributed by atoms with E-state index in [1.165, 1.54) is 0 Å². The van der Waals surface area contributed by atoms with Gasteiger partial charge in [0.2, 0.25) is 0 Å². The lowest BCUT2D eigenvalue weighted by Gasteiger charge is -2.24. The van der Waals surface area contributed by atoms with Crippen LogP contribution in [0.25, 0.3) is 11.1 Å². The first-order valence-corrected chi connectivity index (χ1v) is 12.9. The molecule has 0 saturated carbocycles. The monoisotopic (exact) mass is 508 g/mol. The molecule has 0 N–H and O–H groups in total. The molecule has 4 aromatic rings. The Morgan fingerprint density at radius 2 is 1.82 bits per heavy atom. The van der Waals surface area contributed by atoms with Crippen molar-refractivity contribution in [1.82, 2.24) is 9.88 Å². The number of benzene rings is 3. The highest BCUT2D eigenvalue weighted by Crippen LogP contribution is 2.29. The van der Waals surface area contributed by atoms with Gasteiger partial charge in [0.25, 0.3) is 5.91 Å². The quantitative estimate of drug-likeness (QED) is 0.366. The lowest BCUT2D eigenvalue weighted by molar-refractivity contribution is -0.134. The SMILES string of the molecule is Cc1ccccc1OCC(=O)N1CCOCCOc2ccc(-c3cccnc3)cc2Cc2cccc(c2)C1. The third-order valence-electron chi connectivity index (χ3n) is 6.60. The van der Waals surface area contributed by atoms with Crippen LogP contribution in [0.4, 0.5) is 0 Å². The fourth-order valence-electron chi connectivity index (χ4n) is 4.58. The van der Waals surface area contributed by atoms with Gasteiger partial charge in [-0.3, -0.25) is 9.78 Å². The number of fused-ring (bicyclic) bond motifs is 3. The molecule has 2 bridgehead atoms. The van der Waals surface area contributed by atoms with Crippen LogP contribution < -0.4 is 9.47 Å². The van der Waals surface area contributed by atoms with Crippen molar-refractivity contribution in [2.24, 2.45) is 0 Å². The summed E-state index contributed by atoms with van der Waals surface area (Å²) in [5, 5.41) is 0. The van der Waals surface area contributed by atoms with Crippen molar-refractivity contribution in [2.45, 2.75) is 19.9 Å². The maximum atomic E-state index is 13.2. The summed E-state index contributed by atoms with van der Waals surface area (Å²) in [6.45, 7) is 4.23. The lowest BCUT2D eigenvalue weighted by atomic mass is 9.98. The van der Waals surface area contributed by atoms with Crippen molar-refractivity contribution in [1.29, 1.82) is 0 Å². The minimum atomic E-state index is -0.0722. The number of pyridine rings is 1. The molecule has 1 aromatic heterocycles. The minimum Gasteiger partial charge on any atom is -0.491 e. The molecule has 0 radical (unpaired) electrons. The van der Waals surface area contributed by atoms with E-state index < -0.39 is 0 Å². The third kappa shape index (κ3) is 6.58. The molecular weight excluding hydrogens is 476 g/mol. The van der Waals surface area contributed by atoms with Gasteiger partial charge >= 0.3 is 0 Å². The van der Waals surface area contributed by atoms with E-state index in [2.05, 4.69) is 41.4 Å². The zero-order valence-electron chi connectivity index (χ0n) is 21.6. The van der Waals surface area contributed by atoms with E-state index in [0.717, 1.165) is 44.9 Å². The van der Waals surface area contributed by atoms with Crippen molar-refractivity contribution in [3.05, 3.63) is 114 Å². The second-order valence-electron chi connectivity index (χ2n) is 9.39. The number of carbonyl (C=O) groups excluding carboxylic acids is 1. The molecule has 0 saturated heterocycles. The van der Waals surface area contributed by atoms with Crippen LogP contribution in [0.5, 0.6) is 11.5 Å². The molecular formula is C32H32N2O4. The van der Waals surface area contributed by atoms with E-state index in [1.54, 1.807) is 11.1 Å². The number of aryl methyl sites for hydroxylation is 1. The van der Waals surface area contributed by atoms with E-state index in [-0.39, 0.29) is 12.5 Å². The number of rotatable bonds is 4. The Morgan fingerprint density at radius 3 is 2.68 bits per heavy atom. The summed E-state index contributed by atoms with van der Waals surface area (Å²) in [4.78, 5) is 19.2. The van der Waals surface area contributed by atoms with Gasteiger partial charge in [0, 0.05) is 37.5 Å². The van der Waals surface area contributed by atoms with Crippen molar-refractivity contribution in [3.63, 3.8) is 0 Å².